The van der Waals surface area contributed by atoms with Crippen LogP contribution in [-0.4, -0.2) is 34.0 Å². The Morgan fingerprint density at radius 2 is 2.00 bits per heavy atom. The van der Waals surface area contributed by atoms with E-state index in [1.165, 1.54) is 0 Å². The summed E-state index contributed by atoms with van der Waals surface area (Å²) in [5.74, 6) is 0.694. The van der Waals surface area contributed by atoms with Gasteiger partial charge in [-0.2, -0.15) is 0 Å². The molecule has 5 nitrogen and oxygen atoms in total. The normalized spacial score (nSPS) is 11.3. The molecule has 0 radical (unpaired) electrons. The van der Waals surface area contributed by atoms with E-state index in [2.05, 4.69) is 20.7 Å². The minimum absolute atomic E-state index is 0.0578. The molecule has 1 rings (SSSR count). The van der Waals surface area contributed by atoms with Crippen molar-refractivity contribution < 1.29 is 17.9 Å². The summed E-state index contributed by atoms with van der Waals surface area (Å²) in [5.41, 5.74) is 1.43. The highest BCUT2D eigenvalue weighted by Gasteiger charge is 2.12. The Hall–Kier alpha value is -0.790. The number of nitrogens with one attached hydrogen (secondary N) is 1. The molecule has 1 N–H and O–H groups in total. The highest BCUT2D eigenvalue weighted by molar-refractivity contribution is 9.08. The average molecular weight is 366 g/mol. The van der Waals surface area contributed by atoms with Gasteiger partial charge in [0.25, 0.3) is 0 Å². The third-order valence-corrected chi connectivity index (χ3v) is 4.33. The van der Waals surface area contributed by atoms with E-state index in [4.69, 9.17) is 9.47 Å². The summed E-state index contributed by atoms with van der Waals surface area (Å²) in [7, 11) is -3.39. The van der Waals surface area contributed by atoms with Crippen LogP contribution in [0.3, 0.4) is 0 Å². The molecule has 0 unspecified atom stereocenters. The van der Waals surface area contributed by atoms with Gasteiger partial charge in [-0.25, -0.2) is 8.42 Å². The second-order valence-electron chi connectivity index (χ2n) is 4.01. The molecule has 7 heteroatoms. The van der Waals surface area contributed by atoms with Gasteiger partial charge in [-0.05, 0) is 32.0 Å². The molecular formula is C13H20BrNO4S. The van der Waals surface area contributed by atoms with Crippen molar-refractivity contribution in [2.45, 2.75) is 19.2 Å². The van der Waals surface area contributed by atoms with Gasteiger partial charge in [0.2, 0.25) is 10.0 Å². The molecule has 0 saturated carbocycles. The van der Waals surface area contributed by atoms with E-state index in [-0.39, 0.29) is 12.4 Å². The largest absolute Gasteiger partial charge is 0.494 e. The van der Waals surface area contributed by atoms with Crippen LogP contribution in [0.1, 0.15) is 19.4 Å². The number of ether oxygens (including phenoxy) is 2. The Morgan fingerprint density at radius 3 is 2.60 bits per heavy atom. The molecule has 0 bridgehead atoms. The van der Waals surface area contributed by atoms with Crippen LogP contribution in [0.25, 0.3) is 0 Å². The molecule has 0 heterocycles. The summed E-state index contributed by atoms with van der Waals surface area (Å²) in [6.07, 6.45) is 0. The van der Waals surface area contributed by atoms with Crippen molar-refractivity contribution in [1.29, 1.82) is 0 Å². The zero-order valence-electron chi connectivity index (χ0n) is 11.7. The third kappa shape index (κ3) is 5.68. The fourth-order valence-electron chi connectivity index (χ4n) is 1.59. The first-order valence-electron chi connectivity index (χ1n) is 6.42. The highest BCUT2D eigenvalue weighted by Crippen LogP contribution is 2.25. The van der Waals surface area contributed by atoms with E-state index in [1.54, 1.807) is 18.2 Å². The minimum Gasteiger partial charge on any atom is -0.494 e. The molecule has 20 heavy (non-hydrogen) atoms. The predicted octanol–water partition coefficient (Wildman–Crippen LogP) is 2.76. The molecule has 0 aliphatic heterocycles. The predicted molar refractivity (Wildman–Crippen MR) is 84.1 cm³/mol. The summed E-state index contributed by atoms with van der Waals surface area (Å²) >= 11 is 3.37. The van der Waals surface area contributed by atoms with Gasteiger partial charge in [-0.3, -0.25) is 4.72 Å². The van der Waals surface area contributed by atoms with Crippen molar-refractivity contribution >= 4 is 31.6 Å². The molecule has 0 aliphatic rings. The van der Waals surface area contributed by atoms with Crippen LogP contribution in [0.15, 0.2) is 18.2 Å². The van der Waals surface area contributed by atoms with Crippen LogP contribution in [0, 0.1) is 0 Å². The second-order valence-corrected chi connectivity index (χ2v) is 6.41. The van der Waals surface area contributed by atoms with Crippen molar-refractivity contribution in [2.75, 3.05) is 30.3 Å². The van der Waals surface area contributed by atoms with E-state index in [0.29, 0.717) is 24.2 Å². The van der Waals surface area contributed by atoms with Crippen LogP contribution < -0.4 is 9.46 Å². The summed E-state index contributed by atoms with van der Waals surface area (Å²) in [6, 6.07) is 5.22. The molecule has 0 atom stereocenters. The first kappa shape index (κ1) is 17.3. The number of halogens is 1. The molecule has 0 spiro atoms. The number of anilines is 1. The maximum absolute atomic E-state index is 11.9. The van der Waals surface area contributed by atoms with Crippen LogP contribution in [0.2, 0.25) is 0 Å². The van der Waals surface area contributed by atoms with Crippen LogP contribution in [0.5, 0.6) is 5.75 Å². The van der Waals surface area contributed by atoms with Crippen LogP contribution >= 0.6 is 15.9 Å². The van der Waals surface area contributed by atoms with E-state index in [9.17, 15) is 8.42 Å². The Kier molecular flexibility index (Phi) is 7.32. The van der Waals surface area contributed by atoms with Crippen LogP contribution in [0.4, 0.5) is 5.69 Å². The van der Waals surface area contributed by atoms with E-state index in [1.807, 2.05) is 13.8 Å². The topological polar surface area (TPSA) is 64.6 Å². The van der Waals surface area contributed by atoms with E-state index >= 15 is 0 Å². The summed E-state index contributed by atoms with van der Waals surface area (Å²) < 4.78 is 36.8. The van der Waals surface area contributed by atoms with Gasteiger partial charge < -0.3 is 9.47 Å². The van der Waals surface area contributed by atoms with Gasteiger partial charge in [-0.15, -0.1) is 0 Å². The summed E-state index contributed by atoms with van der Waals surface area (Å²) in [5, 5.41) is 0.594. The Bertz CT molecular complexity index is 519. The van der Waals surface area contributed by atoms with Crippen molar-refractivity contribution in [3.63, 3.8) is 0 Å². The number of benzene rings is 1. The minimum atomic E-state index is -3.39. The molecule has 114 valence electrons. The van der Waals surface area contributed by atoms with E-state index in [0.717, 1.165) is 11.3 Å². The maximum atomic E-state index is 11.9. The smallest absolute Gasteiger partial charge is 0.234 e. The lowest BCUT2D eigenvalue weighted by Gasteiger charge is -2.12. The molecule has 0 aliphatic carbocycles. The molecule has 1 aromatic carbocycles. The molecule has 1 aromatic rings. The maximum Gasteiger partial charge on any atom is 0.234 e. The summed E-state index contributed by atoms with van der Waals surface area (Å²) in [4.78, 5) is 0. The van der Waals surface area contributed by atoms with Gasteiger partial charge in [-0.1, -0.05) is 15.9 Å². The van der Waals surface area contributed by atoms with Gasteiger partial charge in [0, 0.05) is 23.2 Å². The fraction of sp³-hybridized carbons (Fsp3) is 0.538. The van der Waals surface area contributed by atoms with Crippen LogP contribution in [-0.2, 0) is 20.1 Å². The summed E-state index contributed by atoms with van der Waals surface area (Å²) in [6.45, 7) is 5.00. The Balaban J connectivity index is 2.77. The first-order valence-corrected chi connectivity index (χ1v) is 9.19. The number of hydrogen-bond acceptors (Lipinski definition) is 4. The second kappa shape index (κ2) is 8.49. The fourth-order valence-corrected chi connectivity index (χ4v) is 2.95. The number of hydrogen-bond donors (Lipinski definition) is 1. The standard InChI is InChI=1S/C13H20BrNO4S/c1-3-18-7-8-20(16,17)15-12-5-6-13(19-4-2)11(9-12)10-14/h5-6,9,15H,3-4,7-8,10H2,1-2H3. The lowest BCUT2D eigenvalue weighted by Crippen LogP contribution is -2.20. The lowest BCUT2D eigenvalue weighted by molar-refractivity contribution is 0.163. The molecule has 0 amide bonds. The molecular weight excluding hydrogens is 346 g/mol. The van der Waals surface area contributed by atoms with Gasteiger partial charge >= 0.3 is 0 Å². The Labute approximate surface area is 128 Å². The molecule has 0 aromatic heterocycles. The number of rotatable bonds is 9. The van der Waals surface area contributed by atoms with Crippen molar-refractivity contribution in [1.82, 2.24) is 0 Å². The van der Waals surface area contributed by atoms with Gasteiger partial charge in [0.1, 0.15) is 5.75 Å². The first-order chi connectivity index (χ1) is 9.52. The lowest BCUT2D eigenvalue weighted by atomic mass is 10.2. The number of sulfonamides is 1. The zero-order valence-corrected chi connectivity index (χ0v) is 14.1. The van der Waals surface area contributed by atoms with Crippen molar-refractivity contribution in [3.05, 3.63) is 23.8 Å². The average Bonchev–Trinajstić information content (AvgIpc) is 2.40. The van der Waals surface area contributed by atoms with Gasteiger partial charge in [0.05, 0.1) is 19.0 Å². The quantitative estimate of drug-likeness (QED) is 0.539. The monoisotopic (exact) mass is 365 g/mol. The zero-order chi connectivity index (χ0) is 15.0. The van der Waals surface area contributed by atoms with Gasteiger partial charge in [0.15, 0.2) is 0 Å². The molecule has 0 fully saturated rings. The highest BCUT2D eigenvalue weighted by atomic mass is 79.9. The van der Waals surface area contributed by atoms with Crippen molar-refractivity contribution in [2.24, 2.45) is 0 Å². The SMILES string of the molecule is CCOCCS(=O)(=O)Nc1ccc(OCC)c(CBr)c1. The van der Waals surface area contributed by atoms with E-state index < -0.39 is 10.0 Å². The third-order valence-electron chi connectivity index (χ3n) is 2.48. The Morgan fingerprint density at radius 1 is 1.25 bits per heavy atom. The molecule has 0 saturated heterocycles. The number of alkyl halides is 1. The van der Waals surface area contributed by atoms with Crippen molar-refractivity contribution in [3.8, 4) is 5.75 Å².